The molecule has 0 bridgehead atoms. The molecule has 7 nitrogen and oxygen atoms in total. The molecule has 1 aromatic carbocycles. The molecule has 1 N–H and O–H groups in total. The lowest BCUT2D eigenvalue weighted by Crippen LogP contribution is -2.29. The van der Waals surface area contributed by atoms with Gasteiger partial charge in [0, 0.05) is 30.6 Å². The number of benzene rings is 1. The van der Waals surface area contributed by atoms with Crippen molar-refractivity contribution in [2.24, 2.45) is 0 Å². The quantitative estimate of drug-likeness (QED) is 0.434. The normalized spacial score (nSPS) is 13.0. The van der Waals surface area contributed by atoms with E-state index in [0.717, 1.165) is 47.8 Å². The fourth-order valence-electron chi connectivity index (χ4n) is 3.35. The van der Waals surface area contributed by atoms with Gasteiger partial charge >= 0.3 is 5.00 Å². The van der Waals surface area contributed by atoms with Crippen molar-refractivity contribution in [1.29, 1.82) is 5.26 Å². The topological polar surface area (TPSA) is 99.3 Å². The number of amides is 1. The van der Waals surface area contributed by atoms with Crippen molar-refractivity contribution in [2.75, 3.05) is 11.9 Å². The molecule has 0 aliphatic carbocycles. The van der Waals surface area contributed by atoms with E-state index in [1.54, 1.807) is 0 Å². The number of fused-ring (bicyclic) bond motifs is 1. The molecule has 4 rings (SSSR count). The van der Waals surface area contributed by atoms with Crippen molar-refractivity contribution in [1.82, 2.24) is 4.90 Å². The van der Waals surface area contributed by atoms with E-state index in [4.69, 9.17) is 0 Å². The number of nitriles is 1. The smallest absolute Gasteiger partial charge is 0.312 e. The molecular formula is C20H17ClN4O3S2. The van der Waals surface area contributed by atoms with Gasteiger partial charge in [0.05, 0.1) is 15.4 Å². The molecule has 154 valence electrons. The molecule has 0 saturated carbocycles. The van der Waals surface area contributed by atoms with Crippen molar-refractivity contribution in [3.05, 3.63) is 79.0 Å². The van der Waals surface area contributed by atoms with Crippen LogP contribution in [0.1, 0.15) is 31.2 Å². The molecule has 0 spiro atoms. The van der Waals surface area contributed by atoms with Crippen LogP contribution >= 0.6 is 35.1 Å². The number of carbonyl (C=O) groups excluding carboxylic acids is 1. The second-order valence-corrected chi connectivity index (χ2v) is 8.78. The van der Waals surface area contributed by atoms with Crippen molar-refractivity contribution < 1.29 is 9.72 Å². The third-order valence-electron chi connectivity index (χ3n) is 4.72. The summed E-state index contributed by atoms with van der Waals surface area (Å²) in [6, 6.07) is 15.2. The summed E-state index contributed by atoms with van der Waals surface area (Å²) in [6.07, 6.45) is 0.752. The molecule has 3 aromatic rings. The minimum absolute atomic E-state index is 0. The van der Waals surface area contributed by atoms with E-state index in [9.17, 15) is 20.2 Å². The SMILES string of the molecule is Cl.N#Cc1c(NC(=O)c2ccc([N+](=O)[O-])s2)sc2c1CCN(Cc1ccccc1)C2. The number of nitrogens with one attached hydrogen (secondary N) is 1. The van der Waals surface area contributed by atoms with Gasteiger partial charge in [-0.25, -0.2) is 0 Å². The highest BCUT2D eigenvalue weighted by atomic mass is 35.5. The number of nitro groups is 1. The van der Waals surface area contributed by atoms with Crippen LogP contribution in [-0.2, 0) is 19.5 Å². The van der Waals surface area contributed by atoms with E-state index in [-0.39, 0.29) is 22.3 Å². The Hall–Kier alpha value is -2.77. The van der Waals surface area contributed by atoms with Crippen molar-refractivity contribution in [3.8, 4) is 6.07 Å². The van der Waals surface area contributed by atoms with Gasteiger partial charge in [-0.2, -0.15) is 5.26 Å². The second kappa shape index (κ2) is 9.36. The maximum absolute atomic E-state index is 12.5. The van der Waals surface area contributed by atoms with Crippen LogP contribution in [0.3, 0.4) is 0 Å². The summed E-state index contributed by atoms with van der Waals surface area (Å²) in [7, 11) is 0. The summed E-state index contributed by atoms with van der Waals surface area (Å²) in [5, 5.41) is 23.7. The predicted octanol–water partition coefficient (Wildman–Crippen LogP) is 4.82. The van der Waals surface area contributed by atoms with Crippen LogP contribution in [0.4, 0.5) is 10.0 Å². The zero-order valence-electron chi connectivity index (χ0n) is 15.7. The Bertz CT molecular complexity index is 1120. The maximum atomic E-state index is 12.5. The van der Waals surface area contributed by atoms with Crippen LogP contribution < -0.4 is 5.32 Å². The summed E-state index contributed by atoms with van der Waals surface area (Å²) in [4.78, 5) is 26.5. The zero-order chi connectivity index (χ0) is 20.4. The molecule has 1 aliphatic heterocycles. The lowest BCUT2D eigenvalue weighted by Gasteiger charge is -2.26. The van der Waals surface area contributed by atoms with Crippen LogP contribution in [0, 0.1) is 21.4 Å². The molecule has 30 heavy (non-hydrogen) atoms. The van der Waals surface area contributed by atoms with Gasteiger partial charge in [-0.3, -0.25) is 19.8 Å². The molecule has 0 fully saturated rings. The third kappa shape index (κ3) is 4.52. The number of anilines is 1. The first-order chi connectivity index (χ1) is 14.0. The summed E-state index contributed by atoms with van der Waals surface area (Å²) in [6.45, 7) is 2.41. The largest absolute Gasteiger partial charge is 0.324 e. The van der Waals surface area contributed by atoms with Gasteiger partial charge in [0.1, 0.15) is 11.1 Å². The van der Waals surface area contributed by atoms with E-state index < -0.39 is 10.8 Å². The third-order valence-corrected chi connectivity index (χ3v) is 6.89. The van der Waals surface area contributed by atoms with E-state index in [1.807, 2.05) is 18.2 Å². The lowest BCUT2D eigenvalue weighted by molar-refractivity contribution is -0.380. The highest BCUT2D eigenvalue weighted by Gasteiger charge is 2.26. The number of hydrogen-bond donors (Lipinski definition) is 1. The number of rotatable bonds is 5. The predicted molar refractivity (Wildman–Crippen MR) is 119 cm³/mol. The monoisotopic (exact) mass is 460 g/mol. The minimum atomic E-state index is -0.521. The van der Waals surface area contributed by atoms with Crippen molar-refractivity contribution in [2.45, 2.75) is 19.5 Å². The summed E-state index contributed by atoms with van der Waals surface area (Å²) < 4.78 is 0. The Morgan fingerprint density at radius 3 is 2.67 bits per heavy atom. The molecule has 2 aromatic heterocycles. The molecule has 0 saturated heterocycles. The van der Waals surface area contributed by atoms with Crippen molar-refractivity contribution >= 4 is 51.0 Å². The Kier molecular flexibility index (Phi) is 6.84. The maximum Gasteiger partial charge on any atom is 0.324 e. The second-order valence-electron chi connectivity index (χ2n) is 6.62. The van der Waals surface area contributed by atoms with Crippen LogP contribution in [0.25, 0.3) is 0 Å². The van der Waals surface area contributed by atoms with Gasteiger partial charge in [0.25, 0.3) is 5.91 Å². The molecule has 0 unspecified atom stereocenters. The molecule has 0 radical (unpaired) electrons. The first-order valence-electron chi connectivity index (χ1n) is 8.91. The first kappa shape index (κ1) is 21.9. The van der Waals surface area contributed by atoms with Crippen LogP contribution in [0.15, 0.2) is 42.5 Å². The van der Waals surface area contributed by atoms with Gasteiger partial charge in [-0.15, -0.1) is 23.7 Å². The van der Waals surface area contributed by atoms with E-state index in [1.165, 1.54) is 29.0 Å². The Morgan fingerprint density at radius 1 is 1.23 bits per heavy atom. The van der Waals surface area contributed by atoms with E-state index >= 15 is 0 Å². The molecule has 1 aliphatic rings. The number of hydrogen-bond acceptors (Lipinski definition) is 7. The molecule has 3 heterocycles. The lowest BCUT2D eigenvalue weighted by atomic mass is 10.0. The fraction of sp³-hybridized carbons (Fsp3) is 0.200. The van der Waals surface area contributed by atoms with Gasteiger partial charge in [-0.1, -0.05) is 41.7 Å². The number of halogens is 1. The highest BCUT2D eigenvalue weighted by Crippen LogP contribution is 2.37. The summed E-state index contributed by atoms with van der Waals surface area (Å²) >= 11 is 2.23. The molecule has 10 heteroatoms. The van der Waals surface area contributed by atoms with Gasteiger partial charge in [0.2, 0.25) is 0 Å². The average molecular weight is 461 g/mol. The summed E-state index contributed by atoms with van der Waals surface area (Å²) in [5.74, 6) is -0.431. The van der Waals surface area contributed by atoms with E-state index in [2.05, 4.69) is 28.4 Å². The van der Waals surface area contributed by atoms with Crippen molar-refractivity contribution in [3.63, 3.8) is 0 Å². The molecular weight excluding hydrogens is 444 g/mol. The summed E-state index contributed by atoms with van der Waals surface area (Å²) in [5.41, 5.74) is 2.74. The van der Waals surface area contributed by atoms with Gasteiger partial charge < -0.3 is 5.32 Å². The number of nitrogens with zero attached hydrogens (tertiary/aromatic N) is 3. The number of thiophene rings is 2. The average Bonchev–Trinajstić information content (AvgIpc) is 3.33. The standard InChI is InChI=1S/C20H16N4O3S2.ClH/c21-10-15-14-8-9-23(11-13-4-2-1-3-5-13)12-17(14)29-20(15)22-19(25)16-6-7-18(28-16)24(26)27;/h1-7H,8-9,11-12H2,(H,22,25);1H. The van der Waals surface area contributed by atoms with Crippen LogP contribution in [-0.4, -0.2) is 22.3 Å². The Balaban J connectivity index is 0.00000256. The van der Waals surface area contributed by atoms with Gasteiger partial charge in [-0.05, 0) is 23.6 Å². The molecule has 1 amide bonds. The minimum Gasteiger partial charge on any atom is -0.312 e. The zero-order valence-corrected chi connectivity index (χ0v) is 18.1. The van der Waals surface area contributed by atoms with Crippen LogP contribution in [0.5, 0.6) is 0 Å². The number of carbonyl (C=O) groups is 1. The Morgan fingerprint density at radius 2 is 2.00 bits per heavy atom. The van der Waals surface area contributed by atoms with E-state index in [0.29, 0.717) is 10.6 Å². The molecule has 0 atom stereocenters. The highest BCUT2D eigenvalue weighted by molar-refractivity contribution is 7.18. The van der Waals surface area contributed by atoms with Crippen LogP contribution in [0.2, 0.25) is 0 Å². The Labute approximate surface area is 187 Å². The fourth-order valence-corrected chi connectivity index (χ4v) is 5.30. The van der Waals surface area contributed by atoms with Gasteiger partial charge in [0.15, 0.2) is 0 Å². The first-order valence-corrected chi connectivity index (χ1v) is 10.5.